The molecule has 3 heteroatoms. The monoisotopic (exact) mass is 241 g/mol. The fourth-order valence-corrected chi connectivity index (χ4v) is 2.22. The third-order valence-electron chi connectivity index (χ3n) is 3.09. The molecule has 0 radical (unpaired) electrons. The van der Waals surface area contributed by atoms with Crippen LogP contribution in [0.5, 0.6) is 0 Å². The summed E-state index contributed by atoms with van der Waals surface area (Å²) in [6.45, 7) is 5.27. The molecule has 1 heterocycles. The van der Waals surface area contributed by atoms with Crippen LogP contribution in [0.15, 0.2) is 29.3 Å². The van der Waals surface area contributed by atoms with Crippen LogP contribution in [0.3, 0.4) is 0 Å². The molecule has 0 aromatic heterocycles. The number of nitrogens with zero attached hydrogens (tertiary/aromatic N) is 2. The van der Waals surface area contributed by atoms with Crippen molar-refractivity contribution in [3.8, 4) is 12.3 Å². The van der Waals surface area contributed by atoms with E-state index in [9.17, 15) is 0 Å². The largest absolute Gasteiger partial charge is 0.356 e. The summed E-state index contributed by atoms with van der Waals surface area (Å²) in [6, 6.07) is 8.59. The summed E-state index contributed by atoms with van der Waals surface area (Å²) in [5.74, 6) is 3.48. The molecule has 3 nitrogen and oxygen atoms in total. The highest BCUT2D eigenvalue weighted by Gasteiger charge is 2.18. The second-order valence-electron chi connectivity index (χ2n) is 4.31. The van der Waals surface area contributed by atoms with Gasteiger partial charge in [0.2, 0.25) is 0 Å². The fourth-order valence-electron chi connectivity index (χ4n) is 2.22. The lowest BCUT2D eigenvalue weighted by Crippen LogP contribution is -2.44. The molecule has 0 atom stereocenters. The maximum absolute atomic E-state index is 5.28. The van der Waals surface area contributed by atoms with E-state index in [1.807, 2.05) is 0 Å². The van der Waals surface area contributed by atoms with E-state index < -0.39 is 0 Å². The zero-order valence-electron chi connectivity index (χ0n) is 10.8. The lowest BCUT2D eigenvalue weighted by molar-refractivity contribution is 0.379. The van der Waals surface area contributed by atoms with Gasteiger partial charge in [0.05, 0.1) is 0 Å². The SMILES string of the molecule is C#CCN=C(NCC)N1CCc2ccccc2C1. The summed E-state index contributed by atoms with van der Waals surface area (Å²) in [7, 11) is 0. The molecule has 94 valence electrons. The molecular formula is C15H19N3. The van der Waals surface area contributed by atoms with E-state index in [4.69, 9.17) is 6.42 Å². The van der Waals surface area contributed by atoms with Gasteiger partial charge in [0.1, 0.15) is 6.54 Å². The quantitative estimate of drug-likeness (QED) is 0.484. The van der Waals surface area contributed by atoms with E-state index in [1.165, 1.54) is 11.1 Å². The molecule has 0 saturated heterocycles. The Morgan fingerprint density at radius 2 is 2.22 bits per heavy atom. The number of aliphatic imine (C=N–C) groups is 1. The zero-order valence-corrected chi connectivity index (χ0v) is 10.8. The molecule has 0 fully saturated rings. The Morgan fingerprint density at radius 1 is 1.44 bits per heavy atom. The number of terminal acetylenes is 1. The van der Waals surface area contributed by atoms with Crippen LogP contribution in [0.1, 0.15) is 18.1 Å². The van der Waals surface area contributed by atoms with Gasteiger partial charge >= 0.3 is 0 Å². The molecule has 0 amide bonds. The van der Waals surface area contributed by atoms with Crippen LogP contribution in [0.4, 0.5) is 0 Å². The smallest absolute Gasteiger partial charge is 0.195 e. The number of nitrogens with one attached hydrogen (secondary N) is 1. The third-order valence-corrected chi connectivity index (χ3v) is 3.09. The van der Waals surface area contributed by atoms with Crippen molar-refractivity contribution in [2.75, 3.05) is 19.6 Å². The van der Waals surface area contributed by atoms with Crippen molar-refractivity contribution in [1.29, 1.82) is 0 Å². The number of fused-ring (bicyclic) bond motifs is 1. The van der Waals surface area contributed by atoms with Gasteiger partial charge in [-0.2, -0.15) is 0 Å². The summed E-state index contributed by atoms with van der Waals surface area (Å²) < 4.78 is 0. The number of hydrogen-bond donors (Lipinski definition) is 1. The second kappa shape index (κ2) is 6.11. The Balaban J connectivity index is 2.13. The van der Waals surface area contributed by atoms with E-state index in [0.717, 1.165) is 32.0 Å². The highest BCUT2D eigenvalue weighted by molar-refractivity contribution is 5.80. The van der Waals surface area contributed by atoms with Crippen LogP contribution >= 0.6 is 0 Å². The summed E-state index contributed by atoms with van der Waals surface area (Å²) in [4.78, 5) is 6.69. The van der Waals surface area contributed by atoms with Gasteiger partial charge in [-0.25, -0.2) is 4.99 Å². The van der Waals surface area contributed by atoms with E-state index in [2.05, 4.69) is 52.3 Å². The second-order valence-corrected chi connectivity index (χ2v) is 4.31. The molecule has 0 bridgehead atoms. The van der Waals surface area contributed by atoms with Crippen molar-refractivity contribution in [3.05, 3.63) is 35.4 Å². The third kappa shape index (κ3) is 2.84. The fraction of sp³-hybridized carbons (Fsp3) is 0.400. The first-order valence-electron chi connectivity index (χ1n) is 6.38. The van der Waals surface area contributed by atoms with Crippen LogP contribution in [0.2, 0.25) is 0 Å². The first-order valence-corrected chi connectivity index (χ1v) is 6.38. The topological polar surface area (TPSA) is 27.6 Å². The van der Waals surface area contributed by atoms with Crippen LogP contribution in [-0.4, -0.2) is 30.5 Å². The highest BCUT2D eigenvalue weighted by atomic mass is 15.3. The van der Waals surface area contributed by atoms with Crippen LogP contribution in [0.25, 0.3) is 0 Å². The van der Waals surface area contributed by atoms with Crippen LogP contribution < -0.4 is 5.32 Å². The molecule has 0 spiro atoms. The van der Waals surface area contributed by atoms with E-state index >= 15 is 0 Å². The predicted octanol–water partition coefficient (Wildman–Crippen LogP) is 1.64. The number of hydrogen-bond acceptors (Lipinski definition) is 1. The van der Waals surface area contributed by atoms with Gasteiger partial charge in [-0.3, -0.25) is 0 Å². The van der Waals surface area contributed by atoms with Crippen LogP contribution in [-0.2, 0) is 13.0 Å². The standard InChI is InChI=1S/C15H19N3/c1-3-10-17-15(16-4-2)18-11-9-13-7-5-6-8-14(13)12-18/h1,5-8H,4,9-12H2,2H3,(H,16,17). The molecule has 1 aromatic rings. The predicted molar refractivity (Wildman–Crippen MR) is 75.4 cm³/mol. The summed E-state index contributed by atoms with van der Waals surface area (Å²) in [5.41, 5.74) is 2.83. The minimum absolute atomic E-state index is 0.431. The molecule has 2 rings (SSSR count). The van der Waals surface area contributed by atoms with Gasteiger partial charge < -0.3 is 10.2 Å². The summed E-state index contributed by atoms with van der Waals surface area (Å²) >= 11 is 0. The van der Waals surface area contributed by atoms with Gasteiger partial charge in [-0.15, -0.1) is 6.42 Å². The van der Waals surface area contributed by atoms with E-state index in [0.29, 0.717) is 6.54 Å². The average Bonchev–Trinajstić information content (AvgIpc) is 2.43. The highest BCUT2D eigenvalue weighted by Crippen LogP contribution is 2.18. The van der Waals surface area contributed by atoms with Gasteiger partial charge in [0, 0.05) is 19.6 Å². The number of rotatable bonds is 2. The van der Waals surface area contributed by atoms with Crippen molar-refractivity contribution in [2.24, 2.45) is 4.99 Å². The van der Waals surface area contributed by atoms with Crippen molar-refractivity contribution < 1.29 is 0 Å². The molecular weight excluding hydrogens is 222 g/mol. The van der Waals surface area contributed by atoms with Gasteiger partial charge in [0.25, 0.3) is 0 Å². The molecule has 1 aliphatic heterocycles. The Kier molecular flexibility index (Phi) is 4.25. The van der Waals surface area contributed by atoms with Gasteiger partial charge in [-0.1, -0.05) is 30.2 Å². The summed E-state index contributed by atoms with van der Waals surface area (Å²) in [5, 5.41) is 3.30. The van der Waals surface area contributed by atoms with Crippen LogP contribution in [0, 0.1) is 12.3 Å². The van der Waals surface area contributed by atoms with Gasteiger partial charge in [-0.05, 0) is 24.5 Å². The van der Waals surface area contributed by atoms with Gasteiger partial charge in [0.15, 0.2) is 5.96 Å². The molecule has 0 unspecified atom stereocenters. The number of guanidine groups is 1. The average molecular weight is 241 g/mol. The molecule has 1 aromatic carbocycles. The molecule has 0 aliphatic carbocycles. The first-order chi connectivity index (χ1) is 8.85. The maximum Gasteiger partial charge on any atom is 0.195 e. The lowest BCUT2D eigenvalue weighted by atomic mass is 10.0. The molecule has 1 aliphatic rings. The minimum Gasteiger partial charge on any atom is -0.356 e. The molecule has 18 heavy (non-hydrogen) atoms. The minimum atomic E-state index is 0.431. The van der Waals surface area contributed by atoms with Crippen molar-refractivity contribution >= 4 is 5.96 Å². The Morgan fingerprint density at radius 3 is 2.94 bits per heavy atom. The molecule has 1 N–H and O–H groups in total. The Labute approximate surface area is 109 Å². The summed E-state index contributed by atoms with van der Waals surface area (Å²) in [6.07, 6.45) is 6.34. The first kappa shape index (κ1) is 12.5. The zero-order chi connectivity index (χ0) is 12.8. The lowest BCUT2D eigenvalue weighted by Gasteiger charge is -2.31. The Bertz CT molecular complexity index is 471. The van der Waals surface area contributed by atoms with E-state index in [1.54, 1.807) is 0 Å². The van der Waals surface area contributed by atoms with Crippen molar-refractivity contribution in [2.45, 2.75) is 19.9 Å². The molecule has 0 saturated carbocycles. The van der Waals surface area contributed by atoms with Crippen molar-refractivity contribution in [1.82, 2.24) is 10.2 Å². The maximum atomic E-state index is 5.28. The van der Waals surface area contributed by atoms with E-state index in [-0.39, 0.29) is 0 Å². The normalized spacial score (nSPS) is 14.9. The Hall–Kier alpha value is -1.95. The number of benzene rings is 1. The van der Waals surface area contributed by atoms with Crippen molar-refractivity contribution in [3.63, 3.8) is 0 Å².